The van der Waals surface area contributed by atoms with Crippen LogP contribution >= 0.6 is 28.3 Å². The molecule has 0 spiro atoms. The zero-order chi connectivity index (χ0) is 11.3. The van der Waals surface area contributed by atoms with Gasteiger partial charge in [-0.15, -0.1) is 12.4 Å². The van der Waals surface area contributed by atoms with E-state index < -0.39 is 0 Å². The van der Waals surface area contributed by atoms with E-state index in [1.54, 1.807) is 13.2 Å². The monoisotopic (exact) mass is 309 g/mol. The standard InChI is InChI=1S/C11H16BrNO2.ClH/c1-8(7-15-2)13-6-9-5-10(12)3-4-11(9)14;/h3-5,8,13-14H,6-7H2,1-2H3;1H. The first-order valence-corrected chi connectivity index (χ1v) is 5.62. The van der Waals surface area contributed by atoms with Gasteiger partial charge in [0.15, 0.2) is 0 Å². The number of methoxy groups -OCH3 is 1. The molecule has 0 heterocycles. The molecular weight excluding hydrogens is 293 g/mol. The zero-order valence-corrected chi connectivity index (χ0v) is 11.8. The maximum absolute atomic E-state index is 9.59. The first-order valence-electron chi connectivity index (χ1n) is 4.83. The minimum absolute atomic E-state index is 0. The van der Waals surface area contributed by atoms with Gasteiger partial charge in [0.05, 0.1) is 6.61 Å². The number of ether oxygens (including phenoxy) is 1. The summed E-state index contributed by atoms with van der Waals surface area (Å²) in [7, 11) is 1.68. The molecule has 1 unspecified atom stereocenters. The molecule has 0 aliphatic rings. The summed E-state index contributed by atoms with van der Waals surface area (Å²) in [6.07, 6.45) is 0. The maximum atomic E-state index is 9.59. The van der Waals surface area contributed by atoms with Crippen molar-refractivity contribution in [3.8, 4) is 5.75 Å². The van der Waals surface area contributed by atoms with Gasteiger partial charge in [0.2, 0.25) is 0 Å². The molecular formula is C11H17BrClNO2. The van der Waals surface area contributed by atoms with Gasteiger partial charge in [-0.3, -0.25) is 0 Å². The number of nitrogens with one attached hydrogen (secondary N) is 1. The fourth-order valence-electron chi connectivity index (χ4n) is 1.29. The Morgan fingerprint density at radius 2 is 2.19 bits per heavy atom. The molecule has 0 saturated carbocycles. The summed E-state index contributed by atoms with van der Waals surface area (Å²) in [5.74, 6) is 0.315. The Morgan fingerprint density at radius 3 is 2.81 bits per heavy atom. The third-order valence-corrected chi connectivity index (χ3v) is 2.59. The van der Waals surface area contributed by atoms with Gasteiger partial charge in [0, 0.05) is 29.7 Å². The van der Waals surface area contributed by atoms with Crippen molar-refractivity contribution in [1.82, 2.24) is 5.32 Å². The Hall–Kier alpha value is -0.290. The smallest absolute Gasteiger partial charge is 0.120 e. The second-order valence-corrected chi connectivity index (χ2v) is 4.43. The quantitative estimate of drug-likeness (QED) is 0.878. The molecule has 0 bridgehead atoms. The van der Waals surface area contributed by atoms with Gasteiger partial charge in [-0.2, -0.15) is 0 Å². The van der Waals surface area contributed by atoms with Crippen molar-refractivity contribution in [2.24, 2.45) is 0 Å². The third-order valence-electron chi connectivity index (χ3n) is 2.10. The largest absolute Gasteiger partial charge is 0.508 e. The van der Waals surface area contributed by atoms with Crippen molar-refractivity contribution in [1.29, 1.82) is 0 Å². The van der Waals surface area contributed by atoms with E-state index in [2.05, 4.69) is 21.2 Å². The van der Waals surface area contributed by atoms with Crippen molar-refractivity contribution in [2.45, 2.75) is 19.5 Å². The average molecular weight is 311 g/mol. The summed E-state index contributed by atoms with van der Waals surface area (Å²) in [6.45, 7) is 3.34. The highest BCUT2D eigenvalue weighted by Gasteiger charge is 2.04. The molecule has 5 heteroatoms. The summed E-state index contributed by atoms with van der Waals surface area (Å²) in [5.41, 5.74) is 0.882. The molecule has 16 heavy (non-hydrogen) atoms. The number of aromatic hydroxyl groups is 1. The van der Waals surface area contributed by atoms with E-state index in [0.29, 0.717) is 18.9 Å². The normalized spacial score (nSPS) is 11.9. The van der Waals surface area contributed by atoms with Crippen LogP contribution in [0.15, 0.2) is 22.7 Å². The van der Waals surface area contributed by atoms with Crippen LogP contribution in [-0.2, 0) is 11.3 Å². The second-order valence-electron chi connectivity index (χ2n) is 3.51. The fraction of sp³-hybridized carbons (Fsp3) is 0.455. The number of hydrogen-bond donors (Lipinski definition) is 2. The Labute approximate surface area is 111 Å². The molecule has 0 saturated heterocycles. The van der Waals surface area contributed by atoms with Gasteiger partial charge in [-0.1, -0.05) is 15.9 Å². The molecule has 3 nitrogen and oxygen atoms in total. The van der Waals surface area contributed by atoms with Crippen LogP contribution in [0.1, 0.15) is 12.5 Å². The summed E-state index contributed by atoms with van der Waals surface area (Å²) in [4.78, 5) is 0. The topological polar surface area (TPSA) is 41.5 Å². The Kier molecular flexibility index (Phi) is 7.76. The van der Waals surface area contributed by atoms with Crippen LogP contribution in [0.25, 0.3) is 0 Å². The van der Waals surface area contributed by atoms with Crippen molar-refractivity contribution < 1.29 is 9.84 Å². The van der Waals surface area contributed by atoms with E-state index in [9.17, 15) is 5.11 Å². The molecule has 0 radical (unpaired) electrons. The summed E-state index contributed by atoms with van der Waals surface area (Å²) in [5, 5.41) is 12.8. The zero-order valence-electron chi connectivity index (χ0n) is 9.37. The third kappa shape index (κ3) is 5.16. The molecule has 1 aromatic rings. The average Bonchev–Trinajstić information content (AvgIpc) is 2.20. The lowest BCUT2D eigenvalue weighted by Crippen LogP contribution is -2.29. The summed E-state index contributed by atoms with van der Waals surface area (Å²) in [6, 6.07) is 5.68. The second kappa shape index (κ2) is 7.90. The fourth-order valence-corrected chi connectivity index (χ4v) is 1.70. The lowest BCUT2D eigenvalue weighted by molar-refractivity contribution is 0.171. The highest BCUT2D eigenvalue weighted by molar-refractivity contribution is 9.10. The molecule has 1 atom stereocenters. The SMILES string of the molecule is COCC(C)NCc1cc(Br)ccc1O.Cl. The van der Waals surface area contributed by atoms with Crippen LogP contribution in [0.5, 0.6) is 5.75 Å². The first kappa shape index (κ1) is 15.7. The van der Waals surface area contributed by atoms with Gasteiger partial charge in [0.1, 0.15) is 5.75 Å². The van der Waals surface area contributed by atoms with Crippen LogP contribution in [0.2, 0.25) is 0 Å². The predicted octanol–water partition coefficient (Wildman–Crippen LogP) is 2.70. The Balaban J connectivity index is 0.00000225. The van der Waals surface area contributed by atoms with Gasteiger partial charge < -0.3 is 15.2 Å². The molecule has 92 valence electrons. The molecule has 0 aliphatic heterocycles. The van der Waals surface area contributed by atoms with Crippen molar-refractivity contribution in [3.05, 3.63) is 28.2 Å². The Bertz CT molecular complexity index is 323. The van der Waals surface area contributed by atoms with Crippen LogP contribution < -0.4 is 5.32 Å². The minimum atomic E-state index is 0. The number of benzene rings is 1. The predicted molar refractivity (Wildman–Crippen MR) is 71.2 cm³/mol. The molecule has 0 fully saturated rings. The van der Waals surface area contributed by atoms with E-state index in [4.69, 9.17) is 4.74 Å². The van der Waals surface area contributed by atoms with Gasteiger partial charge >= 0.3 is 0 Å². The molecule has 0 aromatic heterocycles. The molecule has 1 aromatic carbocycles. The van der Waals surface area contributed by atoms with Crippen LogP contribution in [0, 0.1) is 0 Å². The van der Waals surface area contributed by atoms with Crippen LogP contribution in [-0.4, -0.2) is 24.9 Å². The number of phenolic OH excluding ortho intramolecular Hbond substituents is 1. The van der Waals surface area contributed by atoms with E-state index in [1.807, 2.05) is 19.1 Å². The molecule has 0 aliphatic carbocycles. The summed E-state index contributed by atoms with van der Waals surface area (Å²) < 4.78 is 5.98. The van der Waals surface area contributed by atoms with E-state index in [1.165, 1.54) is 0 Å². The maximum Gasteiger partial charge on any atom is 0.120 e. The van der Waals surface area contributed by atoms with Crippen molar-refractivity contribution >= 4 is 28.3 Å². The number of halogens is 2. The van der Waals surface area contributed by atoms with Crippen LogP contribution in [0.4, 0.5) is 0 Å². The highest BCUT2D eigenvalue weighted by atomic mass is 79.9. The van der Waals surface area contributed by atoms with Gasteiger partial charge in [-0.05, 0) is 25.1 Å². The first-order chi connectivity index (χ1) is 7.13. The number of phenols is 1. The lowest BCUT2D eigenvalue weighted by atomic mass is 10.2. The molecule has 0 amide bonds. The Morgan fingerprint density at radius 1 is 1.50 bits per heavy atom. The molecule has 1 rings (SSSR count). The van der Waals surface area contributed by atoms with Gasteiger partial charge in [-0.25, -0.2) is 0 Å². The lowest BCUT2D eigenvalue weighted by Gasteiger charge is -2.13. The van der Waals surface area contributed by atoms with Crippen molar-refractivity contribution in [3.63, 3.8) is 0 Å². The number of hydrogen-bond acceptors (Lipinski definition) is 3. The van der Waals surface area contributed by atoms with Crippen molar-refractivity contribution in [2.75, 3.05) is 13.7 Å². The number of rotatable bonds is 5. The van der Waals surface area contributed by atoms with E-state index >= 15 is 0 Å². The van der Waals surface area contributed by atoms with E-state index in [-0.39, 0.29) is 18.4 Å². The van der Waals surface area contributed by atoms with E-state index in [0.717, 1.165) is 10.0 Å². The van der Waals surface area contributed by atoms with Gasteiger partial charge in [0.25, 0.3) is 0 Å². The highest BCUT2D eigenvalue weighted by Crippen LogP contribution is 2.21. The van der Waals surface area contributed by atoms with Crippen LogP contribution in [0.3, 0.4) is 0 Å². The summed E-state index contributed by atoms with van der Waals surface area (Å²) >= 11 is 3.37. The minimum Gasteiger partial charge on any atom is -0.508 e. The molecule has 2 N–H and O–H groups in total.